The van der Waals surface area contributed by atoms with Crippen molar-refractivity contribution in [3.63, 3.8) is 0 Å². The fourth-order valence-electron chi connectivity index (χ4n) is 4.43. The number of hydrogen-bond acceptors (Lipinski definition) is 0. The summed E-state index contributed by atoms with van der Waals surface area (Å²) < 4.78 is 27.4. The van der Waals surface area contributed by atoms with Gasteiger partial charge in [0.1, 0.15) is 0 Å². The van der Waals surface area contributed by atoms with Gasteiger partial charge in [-0.15, -0.1) is 0 Å². The van der Waals surface area contributed by atoms with Crippen molar-refractivity contribution in [1.29, 1.82) is 0 Å². The smallest absolute Gasteiger partial charge is 0.166 e. The normalized spacial score (nSPS) is 18.8. The number of halogens is 2. The number of benzene rings is 3. The molecule has 0 saturated heterocycles. The van der Waals surface area contributed by atoms with E-state index >= 15 is 0 Å². The first-order valence-electron chi connectivity index (χ1n) is 11.1. The maximum Gasteiger partial charge on any atom is 0.166 e. The number of hydrogen-bond donors (Lipinski definition) is 0. The lowest BCUT2D eigenvalue weighted by atomic mass is 9.78. The van der Waals surface area contributed by atoms with Gasteiger partial charge in [0.15, 0.2) is 11.6 Å². The van der Waals surface area contributed by atoms with E-state index in [4.69, 9.17) is 0 Å². The first-order valence-corrected chi connectivity index (χ1v) is 11.1. The van der Waals surface area contributed by atoms with Crippen LogP contribution >= 0.6 is 0 Å². The lowest BCUT2D eigenvalue weighted by Gasteiger charge is -2.26. The van der Waals surface area contributed by atoms with Gasteiger partial charge in [-0.05, 0) is 79.2 Å². The third kappa shape index (κ3) is 4.73. The second-order valence-corrected chi connectivity index (χ2v) is 8.46. The van der Waals surface area contributed by atoms with E-state index in [1.165, 1.54) is 30.0 Å². The number of rotatable bonds is 4. The highest BCUT2D eigenvalue weighted by atomic mass is 19.2. The van der Waals surface area contributed by atoms with E-state index in [2.05, 4.69) is 43.0 Å². The Hall–Kier alpha value is -2.66. The van der Waals surface area contributed by atoms with Crippen molar-refractivity contribution < 1.29 is 8.78 Å². The molecule has 0 heterocycles. The molecule has 0 aliphatic heterocycles. The standard InChI is InChI=1S/C28H28F2/c1-2-3-4-20-5-7-21(8-6-20)9-10-22-11-13-23(14-12-22)24-15-17-26-25(19-24)16-18-27(29)28(26)30/h5-8,15-19,22-23H,2-4,11-14H2,1H3. The predicted octanol–water partition coefficient (Wildman–Crippen LogP) is 7.79. The second kappa shape index (κ2) is 9.43. The zero-order chi connectivity index (χ0) is 20.9. The summed E-state index contributed by atoms with van der Waals surface area (Å²) in [6.45, 7) is 2.22. The molecule has 3 aromatic rings. The Morgan fingerprint density at radius 1 is 0.900 bits per heavy atom. The monoisotopic (exact) mass is 402 g/mol. The number of fused-ring (bicyclic) bond motifs is 1. The van der Waals surface area contributed by atoms with Crippen LogP contribution in [0.25, 0.3) is 10.8 Å². The molecule has 1 fully saturated rings. The zero-order valence-electron chi connectivity index (χ0n) is 17.6. The first kappa shape index (κ1) is 20.6. The van der Waals surface area contributed by atoms with E-state index in [0.29, 0.717) is 17.2 Å². The molecule has 0 aromatic heterocycles. The number of unbranched alkanes of at least 4 members (excludes halogenated alkanes) is 1. The summed E-state index contributed by atoms with van der Waals surface area (Å²) in [6, 6.07) is 17.3. The van der Waals surface area contributed by atoms with Gasteiger partial charge in [0, 0.05) is 16.9 Å². The van der Waals surface area contributed by atoms with Crippen molar-refractivity contribution in [1.82, 2.24) is 0 Å². The van der Waals surface area contributed by atoms with Crippen LogP contribution in [0.2, 0.25) is 0 Å². The first-order chi connectivity index (χ1) is 14.6. The molecule has 3 aromatic carbocycles. The molecule has 0 nitrogen and oxygen atoms in total. The molecule has 0 radical (unpaired) electrons. The molecule has 0 amide bonds. The molecule has 4 rings (SSSR count). The Morgan fingerprint density at radius 3 is 2.40 bits per heavy atom. The van der Waals surface area contributed by atoms with Crippen LogP contribution in [0.15, 0.2) is 54.6 Å². The Balaban J connectivity index is 1.37. The Labute approximate surface area is 178 Å². The van der Waals surface area contributed by atoms with E-state index in [9.17, 15) is 8.78 Å². The quantitative estimate of drug-likeness (QED) is 0.391. The molecule has 0 unspecified atom stereocenters. The van der Waals surface area contributed by atoms with Gasteiger partial charge < -0.3 is 0 Å². The van der Waals surface area contributed by atoms with Crippen molar-refractivity contribution >= 4 is 10.8 Å². The van der Waals surface area contributed by atoms with Gasteiger partial charge >= 0.3 is 0 Å². The largest absolute Gasteiger partial charge is 0.204 e. The molecule has 2 heteroatoms. The summed E-state index contributed by atoms with van der Waals surface area (Å²) in [5, 5.41) is 1.13. The summed E-state index contributed by atoms with van der Waals surface area (Å²) in [4.78, 5) is 0. The molecule has 154 valence electrons. The Kier molecular flexibility index (Phi) is 6.48. The maximum atomic E-state index is 13.9. The average Bonchev–Trinajstić information content (AvgIpc) is 2.79. The van der Waals surface area contributed by atoms with Gasteiger partial charge in [-0.2, -0.15) is 0 Å². The lowest BCUT2D eigenvalue weighted by molar-refractivity contribution is 0.385. The molecular weight excluding hydrogens is 374 g/mol. The van der Waals surface area contributed by atoms with E-state index in [-0.39, 0.29) is 0 Å². The molecule has 1 saturated carbocycles. The van der Waals surface area contributed by atoms with Crippen molar-refractivity contribution in [2.24, 2.45) is 5.92 Å². The topological polar surface area (TPSA) is 0 Å². The Bertz CT molecular complexity index is 1060. The van der Waals surface area contributed by atoms with E-state index in [0.717, 1.165) is 43.1 Å². The van der Waals surface area contributed by atoms with E-state index < -0.39 is 11.6 Å². The zero-order valence-corrected chi connectivity index (χ0v) is 17.6. The van der Waals surface area contributed by atoms with Crippen LogP contribution in [-0.4, -0.2) is 0 Å². The highest BCUT2D eigenvalue weighted by Crippen LogP contribution is 2.37. The molecule has 1 aliphatic carbocycles. The molecule has 30 heavy (non-hydrogen) atoms. The SMILES string of the molecule is CCCCc1ccc(C#CC2CCC(c3ccc4c(F)c(F)ccc4c3)CC2)cc1. The fourth-order valence-corrected chi connectivity index (χ4v) is 4.43. The molecular formula is C28H28F2. The highest BCUT2D eigenvalue weighted by molar-refractivity contribution is 5.84. The predicted molar refractivity (Wildman–Crippen MR) is 120 cm³/mol. The van der Waals surface area contributed by atoms with Crippen LogP contribution in [0.4, 0.5) is 8.78 Å². The van der Waals surface area contributed by atoms with Crippen LogP contribution in [-0.2, 0) is 6.42 Å². The van der Waals surface area contributed by atoms with Crippen LogP contribution in [0.5, 0.6) is 0 Å². The minimum absolute atomic E-state index is 0.360. The molecule has 0 atom stereocenters. The van der Waals surface area contributed by atoms with E-state index in [1.807, 2.05) is 12.1 Å². The summed E-state index contributed by atoms with van der Waals surface area (Å²) >= 11 is 0. The van der Waals surface area contributed by atoms with Crippen LogP contribution in [0, 0.1) is 29.4 Å². The van der Waals surface area contributed by atoms with Crippen LogP contribution in [0.3, 0.4) is 0 Å². The van der Waals surface area contributed by atoms with Crippen molar-refractivity contribution in [2.75, 3.05) is 0 Å². The molecule has 0 N–H and O–H groups in total. The lowest BCUT2D eigenvalue weighted by Crippen LogP contribution is -2.12. The molecule has 0 spiro atoms. The molecule has 0 bridgehead atoms. The minimum Gasteiger partial charge on any atom is -0.204 e. The van der Waals surface area contributed by atoms with Crippen molar-refractivity contribution in [3.05, 3.63) is 82.9 Å². The van der Waals surface area contributed by atoms with Crippen LogP contribution < -0.4 is 0 Å². The van der Waals surface area contributed by atoms with Gasteiger partial charge in [-0.25, -0.2) is 8.78 Å². The van der Waals surface area contributed by atoms with Crippen molar-refractivity contribution in [3.8, 4) is 11.8 Å². The summed E-state index contributed by atoms with van der Waals surface area (Å²) in [6.07, 6.45) is 7.94. The number of aryl methyl sites for hydroxylation is 1. The summed E-state index contributed by atoms with van der Waals surface area (Å²) in [5.74, 6) is 6.20. The van der Waals surface area contributed by atoms with Gasteiger partial charge in [0.2, 0.25) is 0 Å². The third-order valence-electron chi connectivity index (χ3n) is 6.32. The third-order valence-corrected chi connectivity index (χ3v) is 6.32. The average molecular weight is 403 g/mol. The van der Waals surface area contributed by atoms with Gasteiger partial charge in [-0.3, -0.25) is 0 Å². The van der Waals surface area contributed by atoms with E-state index in [1.54, 1.807) is 12.1 Å². The summed E-state index contributed by atoms with van der Waals surface area (Å²) in [7, 11) is 0. The second-order valence-electron chi connectivity index (χ2n) is 8.46. The minimum atomic E-state index is -0.787. The summed E-state index contributed by atoms with van der Waals surface area (Å²) in [5.41, 5.74) is 3.71. The van der Waals surface area contributed by atoms with Gasteiger partial charge in [0.25, 0.3) is 0 Å². The highest BCUT2D eigenvalue weighted by Gasteiger charge is 2.21. The molecule has 1 aliphatic rings. The van der Waals surface area contributed by atoms with Crippen molar-refractivity contribution in [2.45, 2.75) is 57.8 Å². The Morgan fingerprint density at radius 2 is 1.67 bits per heavy atom. The fraction of sp³-hybridized carbons (Fsp3) is 0.357. The maximum absolute atomic E-state index is 13.9. The van der Waals surface area contributed by atoms with Gasteiger partial charge in [-0.1, -0.05) is 61.6 Å². The van der Waals surface area contributed by atoms with Crippen LogP contribution in [0.1, 0.15) is 68.1 Å². The van der Waals surface area contributed by atoms with Gasteiger partial charge in [0.05, 0.1) is 0 Å².